The van der Waals surface area contributed by atoms with Gasteiger partial charge < -0.3 is 14.8 Å². The Kier molecular flexibility index (Phi) is 6.51. The number of likely N-dealkylation sites (N-methyl/N-ethyl adjacent to an activating group) is 1. The molecule has 2 fully saturated rings. The second-order valence-electron chi connectivity index (χ2n) is 7.56. The second kappa shape index (κ2) is 7.94. The normalized spacial score (nSPS) is 37.9. The maximum absolute atomic E-state index is 6.68. The highest BCUT2D eigenvalue weighted by molar-refractivity contribution is 4.91. The van der Waals surface area contributed by atoms with Gasteiger partial charge in [-0.3, -0.25) is 0 Å². The first-order valence-electron chi connectivity index (χ1n) is 8.94. The van der Waals surface area contributed by atoms with E-state index in [0.29, 0.717) is 12.2 Å². The Balaban J connectivity index is 1.92. The van der Waals surface area contributed by atoms with Gasteiger partial charge in [0.1, 0.15) is 0 Å². The summed E-state index contributed by atoms with van der Waals surface area (Å²) in [4.78, 5) is 0. The van der Waals surface area contributed by atoms with E-state index in [4.69, 9.17) is 9.47 Å². The molecule has 0 aromatic rings. The first-order chi connectivity index (χ1) is 10.1. The van der Waals surface area contributed by atoms with Crippen LogP contribution < -0.4 is 5.32 Å². The molecule has 21 heavy (non-hydrogen) atoms. The molecule has 2 unspecified atom stereocenters. The lowest BCUT2D eigenvalue weighted by molar-refractivity contribution is -0.141. The summed E-state index contributed by atoms with van der Waals surface area (Å²) in [7, 11) is 3.89. The Morgan fingerprint density at radius 2 is 1.76 bits per heavy atom. The van der Waals surface area contributed by atoms with Crippen LogP contribution in [0, 0.1) is 11.8 Å². The molecule has 0 radical (unpaired) electrons. The van der Waals surface area contributed by atoms with Gasteiger partial charge in [-0.25, -0.2) is 0 Å². The third kappa shape index (κ3) is 4.67. The molecule has 0 bridgehead atoms. The van der Waals surface area contributed by atoms with Crippen molar-refractivity contribution in [2.45, 2.75) is 83.0 Å². The zero-order valence-corrected chi connectivity index (χ0v) is 14.5. The van der Waals surface area contributed by atoms with Gasteiger partial charge in [-0.1, -0.05) is 13.8 Å². The van der Waals surface area contributed by atoms with Crippen LogP contribution in [0.4, 0.5) is 0 Å². The highest BCUT2D eigenvalue weighted by atomic mass is 16.5. The summed E-state index contributed by atoms with van der Waals surface area (Å²) in [6.45, 7) is 5.72. The van der Waals surface area contributed by atoms with E-state index in [1.54, 1.807) is 0 Å². The third-order valence-electron chi connectivity index (χ3n) is 5.71. The van der Waals surface area contributed by atoms with Gasteiger partial charge in [0, 0.05) is 13.7 Å². The lowest BCUT2D eigenvalue weighted by Crippen LogP contribution is -2.48. The van der Waals surface area contributed by atoms with Gasteiger partial charge in [0.25, 0.3) is 0 Å². The predicted octanol–water partition coefficient (Wildman–Crippen LogP) is 3.77. The molecule has 1 N–H and O–H groups in total. The number of nitrogens with one attached hydrogen (secondary N) is 1. The Hall–Kier alpha value is -0.120. The molecule has 0 spiro atoms. The van der Waals surface area contributed by atoms with Crippen LogP contribution in [0.15, 0.2) is 0 Å². The Bertz CT molecular complexity index is 298. The van der Waals surface area contributed by atoms with Gasteiger partial charge in [0.05, 0.1) is 17.8 Å². The van der Waals surface area contributed by atoms with Gasteiger partial charge in [-0.15, -0.1) is 0 Å². The van der Waals surface area contributed by atoms with Crippen molar-refractivity contribution in [2.75, 3.05) is 20.7 Å². The average molecular weight is 297 g/mol. The highest BCUT2D eigenvalue weighted by Crippen LogP contribution is 2.40. The molecule has 2 atom stereocenters. The summed E-state index contributed by atoms with van der Waals surface area (Å²) in [5, 5.41) is 3.38. The predicted molar refractivity (Wildman–Crippen MR) is 87.6 cm³/mol. The maximum Gasteiger partial charge on any atom is 0.0810 e. The minimum absolute atomic E-state index is 0.0699. The minimum Gasteiger partial charge on any atom is -0.381 e. The van der Waals surface area contributed by atoms with Crippen molar-refractivity contribution < 1.29 is 9.47 Å². The van der Waals surface area contributed by atoms with E-state index in [2.05, 4.69) is 26.2 Å². The number of hydrogen-bond donors (Lipinski definition) is 1. The fourth-order valence-electron chi connectivity index (χ4n) is 4.27. The number of methoxy groups -OCH3 is 1. The minimum atomic E-state index is 0.0699. The van der Waals surface area contributed by atoms with E-state index in [-0.39, 0.29) is 5.60 Å². The average Bonchev–Trinajstić information content (AvgIpc) is 2.48. The van der Waals surface area contributed by atoms with Gasteiger partial charge in [0.2, 0.25) is 0 Å². The van der Waals surface area contributed by atoms with E-state index in [9.17, 15) is 0 Å². The molecule has 0 aromatic carbocycles. The first kappa shape index (κ1) is 17.2. The standard InChI is InChI=1S/C18H35NO2/c1-14(2)15-8-10-18(11-9-15,13-19-3)21-17-7-5-6-16(12-17)20-4/h14-17,19H,5-13H2,1-4H3. The summed E-state index contributed by atoms with van der Waals surface area (Å²) in [6, 6.07) is 0. The van der Waals surface area contributed by atoms with Crippen LogP contribution in [0.25, 0.3) is 0 Å². The van der Waals surface area contributed by atoms with E-state index in [1.165, 1.54) is 44.9 Å². The van der Waals surface area contributed by atoms with Crippen molar-refractivity contribution in [2.24, 2.45) is 11.8 Å². The molecular formula is C18H35NO2. The van der Waals surface area contributed by atoms with Gasteiger partial charge in [-0.2, -0.15) is 0 Å². The SMILES string of the molecule is CNCC1(OC2CCCC(OC)C2)CCC(C(C)C)CC1. The van der Waals surface area contributed by atoms with Crippen molar-refractivity contribution in [3.05, 3.63) is 0 Å². The van der Waals surface area contributed by atoms with Crippen LogP contribution in [-0.4, -0.2) is 38.5 Å². The van der Waals surface area contributed by atoms with Crippen LogP contribution in [0.5, 0.6) is 0 Å². The first-order valence-corrected chi connectivity index (χ1v) is 8.94. The smallest absolute Gasteiger partial charge is 0.0810 e. The Labute approximate surface area is 131 Å². The zero-order valence-electron chi connectivity index (χ0n) is 14.5. The van der Waals surface area contributed by atoms with E-state index in [1.807, 2.05) is 7.11 Å². The second-order valence-corrected chi connectivity index (χ2v) is 7.56. The van der Waals surface area contributed by atoms with Gasteiger partial charge in [-0.05, 0) is 70.3 Å². The largest absolute Gasteiger partial charge is 0.381 e. The van der Waals surface area contributed by atoms with Crippen LogP contribution in [-0.2, 0) is 9.47 Å². The maximum atomic E-state index is 6.68. The van der Waals surface area contributed by atoms with E-state index < -0.39 is 0 Å². The highest BCUT2D eigenvalue weighted by Gasteiger charge is 2.39. The van der Waals surface area contributed by atoms with Crippen molar-refractivity contribution in [3.63, 3.8) is 0 Å². The third-order valence-corrected chi connectivity index (χ3v) is 5.71. The fraction of sp³-hybridized carbons (Fsp3) is 1.00. The molecule has 3 heteroatoms. The van der Waals surface area contributed by atoms with E-state index >= 15 is 0 Å². The molecule has 2 saturated carbocycles. The number of hydrogen-bond acceptors (Lipinski definition) is 3. The van der Waals surface area contributed by atoms with Crippen molar-refractivity contribution in [1.82, 2.24) is 5.32 Å². The van der Waals surface area contributed by atoms with Crippen LogP contribution in [0.1, 0.15) is 65.2 Å². The molecule has 0 heterocycles. The van der Waals surface area contributed by atoms with Crippen molar-refractivity contribution >= 4 is 0 Å². The topological polar surface area (TPSA) is 30.5 Å². The summed E-state index contributed by atoms with van der Waals surface area (Å²) in [6.07, 6.45) is 10.6. The summed E-state index contributed by atoms with van der Waals surface area (Å²) < 4.78 is 12.2. The molecule has 2 aliphatic rings. The lowest BCUT2D eigenvalue weighted by atomic mass is 9.74. The van der Waals surface area contributed by atoms with Crippen LogP contribution >= 0.6 is 0 Å². The molecule has 0 aliphatic heterocycles. The number of ether oxygens (including phenoxy) is 2. The van der Waals surface area contributed by atoms with Crippen molar-refractivity contribution in [3.8, 4) is 0 Å². The summed E-state index contributed by atoms with van der Waals surface area (Å²) in [5.74, 6) is 1.70. The summed E-state index contributed by atoms with van der Waals surface area (Å²) >= 11 is 0. The molecule has 124 valence electrons. The Morgan fingerprint density at radius 3 is 2.33 bits per heavy atom. The fourth-order valence-corrected chi connectivity index (χ4v) is 4.27. The lowest BCUT2D eigenvalue weighted by Gasteiger charge is -2.44. The van der Waals surface area contributed by atoms with Crippen molar-refractivity contribution in [1.29, 1.82) is 0 Å². The van der Waals surface area contributed by atoms with Gasteiger partial charge >= 0.3 is 0 Å². The molecule has 2 aliphatic carbocycles. The molecule has 0 saturated heterocycles. The molecule has 0 aromatic heterocycles. The molecule has 3 nitrogen and oxygen atoms in total. The van der Waals surface area contributed by atoms with Crippen LogP contribution in [0.2, 0.25) is 0 Å². The van der Waals surface area contributed by atoms with Gasteiger partial charge in [0.15, 0.2) is 0 Å². The van der Waals surface area contributed by atoms with Crippen LogP contribution in [0.3, 0.4) is 0 Å². The quantitative estimate of drug-likeness (QED) is 0.809. The summed E-state index contributed by atoms with van der Waals surface area (Å²) in [5.41, 5.74) is 0.0699. The van der Waals surface area contributed by atoms with E-state index in [0.717, 1.165) is 24.8 Å². The monoisotopic (exact) mass is 297 g/mol. The Morgan fingerprint density at radius 1 is 1.10 bits per heavy atom. The zero-order chi connectivity index (χ0) is 15.3. The molecular weight excluding hydrogens is 262 g/mol. The number of rotatable bonds is 6. The molecule has 2 rings (SSSR count). The molecule has 0 amide bonds.